The Bertz CT molecular complexity index is 388. The molecule has 1 saturated carbocycles. The average Bonchev–Trinajstić information content (AvgIpc) is 3.02. The number of ether oxygens (including phenoxy) is 1. The molecule has 3 N–H and O–H groups in total. The van der Waals surface area contributed by atoms with Gasteiger partial charge in [0.15, 0.2) is 0 Å². The average molecular weight is 228 g/mol. The summed E-state index contributed by atoms with van der Waals surface area (Å²) in [6.45, 7) is 0.532. The van der Waals surface area contributed by atoms with Crippen molar-refractivity contribution >= 4 is 11.6 Å². The van der Waals surface area contributed by atoms with Crippen molar-refractivity contribution in [3.05, 3.63) is 22.7 Å². The molecular formula is C11H14ClNO2. The van der Waals surface area contributed by atoms with Gasteiger partial charge in [0.05, 0.1) is 12.1 Å². The Morgan fingerprint density at radius 2 is 2.20 bits per heavy atom. The molecule has 0 radical (unpaired) electrons. The Morgan fingerprint density at radius 1 is 1.53 bits per heavy atom. The molecule has 1 fully saturated rings. The fourth-order valence-corrected chi connectivity index (χ4v) is 2.04. The first-order valence-corrected chi connectivity index (χ1v) is 5.28. The third-order valence-corrected chi connectivity index (χ3v) is 3.38. The number of methoxy groups -OCH3 is 1. The van der Waals surface area contributed by atoms with Crippen LogP contribution in [0.2, 0.25) is 5.02 Å². The minimum Gasteiger partial charge on any atom is -0.506 e. The van der Waals surface area contributed by atoms with E-state index in [0.29, 0.717) is 17.3 Å². The molecule has 0 saturated heterocycles. The van der Waals surface area contributed by atoms with Crippen molar-refractivity contribution in [2.24, 2.45) is 5.73 Å². The summed E-state index contributed by atoms with van der Waals surface area (Å²) >= 11 is 5.92. The summed E-state index contributed by atoms with van der Waals surface area (Å²) in [5.74, 6) is 0.799. The number of hydrogen-bond donors (Lipinski definition) is 2. The Balaban J connectivity index is 2.50. The van der Waals surface area contributed by atoms with Gasteiger partial charge < -0.3 is 15.6 Å². The molecular weight excluding hydrogens is 214 g/mol. The van der Waals surface area contributed by atoms with Gasteiger partial charge in [-0.2, -0.15) is 0 Å². The van der Waals surface area contributed by atoms with Gasteiger partial charge in [-0.05, 0) is 18.9 Å². The molecule has 0 atom stereocenters. The molecule has 1 aliphatic carbocycles. The third-order valence-electron chi connectivity index (χ3n) is 3.09. The van der Waals surface area contributed by atoms with Gasteiger partial charge in [-0.15, -0.1) is 0 Å². The second kappa shape index (κ2) is 3.58. The van der Waals surface area contributed by atoms with Crippen molar-refractivity contribution in [1.82, 2.24) is 0 Å². The topological polar surface area (TPSA) is 55.5 Å². The quantitative estimate of drug-likeness (QED) is 0.831. The first-order valence-electron chi connectivity index (χ1n) is 4.90. The fourth-order valence-electron chi connectivity index (χ4n) is 1.83. The van der Waals surface area contributed by atoms with E-state index in [1.807, 2.05) is 6.07 Å². The zero-order valence-electron chi connectivity index (χ0n) is 8.59. The third kappa shape index (κ3) is 1.66. The van der Waals surface area contributed by atoms with Crippen molar-refractivity contribution in [1.29, 1.82) is 0 Å². The number of nitrogens with two attached hydrogens (primary N) is 1. The maximum absolute atomic E-state index is 9.88. The molecule has 82 valence electrons. The molecule has 15 heavy (non-hydrogen) atoms. The van der Waals surface area contributed by atoms with Crippen molar-refractivity contribution in [2.45, 2.75) is 18.3 Å². The lowest BCUT2D eigenvalue weighted by molar-refractivity contribution is 0.409. The highest BCUT2D eigenvalue weighted by atomic mass is 35.5. The summed E-state index contributed by atoms with van der Waals surface area (Å²) in [4.78, 5) is 0. The van der Waals surface area contributed by atoms with Crippen LogP contribution in [0.4, 0.5) is 0 Å². The van der Waals surface area contributed by atoms with Crippen LogP contribution in [0.15, 0.2) is 12.1 Å². The number of phenolic OH excluding ortho intramolecular Hbond substituents is 1. The molecule has 0 amide bonds. The molecule has 2 rings (SSSR count). The van der Waals surface area contributed by atoms with E-state index in [0.717, 1.165) is 18.4 Å². The SMILES string of the molecule is COc1cc(Cl)c(O)c(C2(CN)CC2)c1. The largest absolute Gasteiger partial charge is 0.506 e. The first-order chi connectivity index (χ1) is 7.13. The van der Waals surface area contributed by atoms with Crippen LogP contribution in [-0.2, 0) is 5.41 Å². The molecule has 3 nitrogen and oxygen atoms in total. The second-order valence-corrected chi connectivity index (χ2v) is 4.40. The summed E-state index contributed by atoms with van der Waals surface area (Å²) in [6.07, 6.45) is 2.00. The van der Waals surface area contributed by atoms with Gasteiger partial charge in [0.1, 0.15) is 11.5 Å². The van der Waals surface area contributed by atoms with E-state index >= 15 is 0 Å². The minimum atomic E-state index is -0.0811. The van der Waals surface area contributed by atoms with Crippen molar-refractivity contribution in [3.8, 4) is 11.5 Å². The van der Waals surface area contributed by atoms with Gasteiger partial charge in [-0.1, -0.05) is 11.6 Å². The highest BCUT2D eigenvalue weighted by Gasteiger charge is 2.45. The maximum atomic E-state index is 9.88. The molecule has 1 aromatic rings. The Hall–Kier alpha value is -0.930. The van der Waals surface area contributed by atoms with E-state index in [-0.39, 0.29) is 11.2 Å². The van der Waals surface area contributed by atoms with Crippen molar-refractivity contribution in [3.63, 3.8) is 0 Å². The fraction of sp³-hybridized carbons (Fsp3) is 0.455. The molecule has 0 heterocycles. The zero-order chi connectivity index (χ0) is 11.1. The van der Waals surface area contributed by atoms with Gasteiger partial charge in [0, 0.05) is 23.6 Å². The van der Waals surface area contributed by atoms with Gasteiger partial charge >= 0.3 is 0 Å². The van der Waals surface area contributed by atoms with Gasteiger partial charge in [-0.25, -0.2) is 0 Å². The monoisotopic (exact) mass is 227 g/mol. The van der Waals surface area contributed by atoms with Gasteiger partial charge in [0.25, 0.3) is 0 Å². The first kappa shape index (κ1) is 10.6. The maximum Gasteiger partial charge on any atom is 0.138 e. The summed E-state index contributed by atoms with van der Waals surface area (Å²) in [5.41, 5.74) is 6.45. The smallest absolute Gasteiger partial charge is 0.138 e. The molecule has 1 aliphatic rings. The van der Waals surface area contributed by atoms with E-state index in [2.05, 4.69) is 0 Å². The predicted octanol–water partition coefficient (Wildman–Crippen LogP) is 2.04. The Labute approximate surface area is 93.8 Å². The molecule has 0 bridgehead atoms. The Morgan fingerprint density at radius 3 is 2.67 bits per heavy atom. The predicted molar refractivity (Wildman–Crippen MR) is 59.6 cm³/mol. The number of benzene rings is 1. The number of phenols is 1. The van der Waals surface area contributed by atoms with Crippen LogP contribution >= 0.6 is 11.6 Å². The van der Waals surface area contributed by atoms with E-state index in [1.165, 1.54) is 0 Å². The van der Waals surface area contributed by atoms with Gasteiger partial charge in [-0.3, -0.25) is 0 Å². The molecule has 0 spiro atoms. The van der Waals surface area contributed by atoms with Crippen LogP contribution in [0.25, 0.3) is 0 Å². The van der Waals surface area contributed by atoms with Crippen molar-refractivity contribution < 1.29 is 9.84 Å². The van der Waals surface area contributed by atoms with Crippen LogP contribution in [0.1, 0.15) is 18.4 Å². The summed E-state index contributed by atoms with van der Waals surface area (Å²) < 4.78 is 5.12. The number of rotatable bonds is 3. The number of hydrogen-bond acceptors (Lipinski definition) is 3. The lowest BCUT2D eigenvalue weighted by Gasteiger charge is -2.16. The van der Waals surface area contributed by atoms with Crippen LogP contribution in [0, 0.1) is 0 Å². The second-order valence-electron chi connectivity index (χ2n) is 3.99. The molecule has 0 aliphatic heterocycles. The molecule has 0 aromatic heterocycles. The molecule has 1 aromatic carbocycles. The summed E-state index contributed by atoms with van der Waals surface area (Å²) in [7, 11) is 1.58. The lowest BCUT2D eigenvalue weighted by Crippen LogP contribution is -2.19. The summed E-state index contributed by atoms with van der Waals surface area (Å²) in [5, 5.41) is 10.2. The van der Waals surface area contributed by atoms with Crippen molar-refractivity contribution in [2.75, 3.05) is 13.7 Å². The van der Waals surface area contributed by atoms with Gasteiger partial charge in [0.2, 0.25) is 0 Å². The normalized spacial score (nSPS) is 17.5. The Kier molecular flexibility index (Phi) is 2.52. The zero-order valence-corrected chi connectivity index (χ0v) is 9.34. The highest BCUT2D eigenvalue weighted by molar-refractivity contribution is 6.32. The summed E-state index contributed by atoms with van der Waals surface area (Å²) in [6, 6.07) is 3.42. The standard InChI is InChI=1S/C11H14ClNO2/c1-15-7-4-8(10(14)9(12)5-7)11(6-13)2-3-11/h4-5,14H,2-3,6,13H2,1H3. The van der Waals surface area contributed by atoms with E-state index in [1.54, 1.807) is 13.2 Å². The van der Waals surface area contributed by atoms with Crippen LogP contribution < -0.4 is 10.5 Å². The lowest BCUT2D eigenvalue weighted by atomic mass is 9.95. The highest BCUT2D eigenvalue weighted by Crippen LogP contribution is 2.52. The van der Waals surface area contributed by atoms with E-state index < -0.39 is 0 Å². The van der Waals surface area contributed by atoms with Crippen LogP contribution in [0.3, 0.4) is 0 Å². The minimum absolute atomic E-state index is 0.0811. The molecule has 4 heteroatoms. The number of halogens is 1. The number of aromatic hydroxyl groups is 1. The van der Waals surface area contributed by atoms with Crippen LogP contribution in [0.5, 0.6) is 11.5 Å². The van der Waals surface area contributed by atoms with E-state index in [4.69, 9.17) is 22.1 Å². The van der Waals surface area contributed by atoms with Crippen LogP contribution in [-0.4, -0.2) is 18.8 Å². The van der Waals surface area contributed by atoms with E-state index in [9.17, 15) is 5.11 Å². The molecule has 0 unspecified atom stereocenters.